The van der Waals surface area contributed by atoms with Crippen LogP contribution in [-0.2, 0) is 11.3 Å². The molecule has 3 rings (SSSR count). The van der Waals surface area contributed by atoms with Crippen molar-refractivity contribution >= 4 is 39.2 Å². The van der Waals surface area contributed by atoms with Crippen LogP contribution >= 0.6 is 23.1 Å². The van der Waals surface area contributed by atoms with Crippen molar-refractivity contribution in [3.8, 4) is 11.1 Å². The smallest absolute Gasteiger partial charge is 0.263 e. The second-order valence-corrected chi connectivity index (χ2v) is 10.1. The van der Waals surface area contributed by atoms with Crippen molar-refractivity contribution in [3.63, 3.8) is 0 Å². The number of aryl methyl sites for hydroxylation is 1. The molecule has 1 amide bonds. The summed E-state index contributed by atoms with van der Waals surface area (Å²) in [5.74, 6) is -0.0599. The van der Waals surface area contributed by atoms with Crippen molar-refractivity contribution in [2.45, 2.75) is 65.3 Å². The molecule has 0 saturated carbocycles. The predicted molar refractivity (Wildman–Crippen MR) is 128 cm³/mol. The second-order valence-electron chi connectivity index (χ2n) is 7.94. The summed E-state index contributed by atoms with van der Waals surface area (Å²) in [5, 5.41) is 1.10. The molecule has 0 N–H and O–H groups in total. The first kappa shape index (κ1) is 23.5. The molecule has 0 saturated heterocycles. The van der Waals surface area contributed by atoms with Gasteiger partial charge < -0.3 is 4.90 Å². The molecule has 5 nitrogen and oxygen atoms in total. The maximum absolute atomic E-state index is 13.4. The van der Waals surface area contributed by atoms with Crippen molar-refractivity contribution in [1.82, 2.24) is 14.5 Å². The number of fused-ring (bicyclic) bond motifs is 1. The number of hydrogen-bond donors (Lipinski definition) is 0. The van der Waals surface area contributed by atoms with Gasteiger partial charge in [0.15, 0.2) is 5.16 Å². The molecule has 0 aliphatic carbocycles. The Morgan fingerprint density at radius 2 is 1.81 bits per heavy atom. The summed E-state index contributed by atoms with van der Waals surface area (Å²) in [7, 11) is 0. The molecular formula is C23H28FN3O2S2. The first-order valence-electron chi connectivity index (χ1n) is 10.4. The van der Waals surface area contributed by atoms with Crippen LogP contribution in [0.15, 0.2) is 34.2 Å². The van der Waals surface area contributed by atoms with E-state index in [0.29, 0.717) is 21.9 Å². The third kappa shape index (κ3) is 4.70. The van der Waals surface area contributed by atoms with E-state index in [1.54, 1.807) is 16.7 Å². The van der Waals surface area contributed by atoms with Crippen LogP contribution in [0.25, 0.3) is 21.3 Å². The second kappa shape index (κ2) is 9.53. The number of halogens is 1. The standard InChI is InChI=1S/C23H28FN3O2S2/c1-7-26-22(29)20-19(16-8-10-17(24)11-9-16)15(6)31-21(20)25-23(26)30-12-18(28)27(13(2)3)14(4)5/h8-11,13-14H,7,12H2,1-6H3. The van der Waals surface area contributed by atoms with Gasteiger partial charge in [0.2, 0.25) is 5.91 Å². The van der Waals surface area contributed by atoms with Crippen molar-refractivity contribution in [2.75, 3.05) is 5.75 Å². The van der Waals surface area contributed by atoms with Crippen molar-refractivity contribution in [1.29, 1.82) is 0 Å². The molecule has 1 aromatic carbocycles. The van der Waals surface area contributed by atoms with Crippen LogP contribution in [0.5, 0.6) is 0 Å². The van der Waals surface area contributed by atoms with Crippen LogP contribution in [-0.4, -0.2) is 38.2 Å². The highest BCUT2D eigenvalue weighted by Gasteiger charge is 2.23. The van der Waals surface area contributed by atoms with E-state index in [9.17, 15) is 14.0 Å². The highest BCUT2D eigenvalue weighted by atomic mass is 32.2. The minimum atomic E-state index is -0.315. The number of amides is 1. The van der Waals surface area contributed by atoms with E-state index in [0.717, 1.165) is 16.0 Å². The fourth-order valence-corrected chi connectivity index (χ4v) is 5.92. The zero-order valence-corrected chi connectivity index (χ0v) is 20.4. The van der Waals surface area contributed by atoms with Gasteiger partial charge in [0.25, 0.3) is 5.56 Å². The van der Waals surface area contributed by atoms with Crippen LogP contribution < -0.4 is 5.56 Å². The SMILES string of the molecule is CCn1c(SCC(=O)N(C(C)C)C(C)C)nc2sc(C)c(-c3ccc(F)cc3)c2c1=O. The molecule has 0 aliphatic heterocycles. The molecule has 0 unspecified atom stereocenters. The lowest BCUT2D eigenvalue weighted by Gasteiger charge is -2.30. The molecule has 0 radical (unpaired) electrons. The van der Waals surface area contributed by atoms with Crippen LogP contribution in [0, 0.1) is 12.7 Å². The van der Waals surface area contributed by atoms with Gasteiger partial charge in [0.1, 0.15) is 10.6 Å². The summed E-state index contributed by atoms with van der Waals surface area (Å²) < 4.78 is 15.0. The fraction of sp³-hybridized carbons (Fsp3) is 0.435. The summed E-state index contributed by atoms with van der Waals surface area (Å²) >= 11 is 2.75. The largest absolute Gasteiger partial charge is 0.337 e. The number of carbonyl (C=O) groups is 1. The van der Waals surface area contributed by atoms with Crippen LogP contribution in [0.2, 0.25) is 0 Å². The molecule has 166 valence electrons. The number of nitrogens with zero attached hydrogens (tertiary/aromatic N) is 3. The summed E-state index contributed by atoms with van der Waals surface area (Å²) in [4.78, 5) is 34.4. The maximum Gasteiger partial charge on any atom is 0.263 e. The molecule has 2 aromatic heterocycles. The monoisotopic (exact) mass is 461 g/mol. The Hall–Kier alpha value is -2.19. The van der Waals surface area contributed by atoms with Gasteiger partial charge in [0, 0.05) is 29.1 Å². The van der Waals surface area contributed by atoms with Crippen molar-refractivity contribution in [3.05, 3.63) is 45.3 Å². The first-order valence-corrected chi connectivity index (χ1v) is 12.2. The molecule has 0 bridgehead atoms. The number of carbonyl (C=O) groups excluding carboxylic acids is 1. The lowest BCUT2D eigenvalue weighted by atomic mass is 10.0. The first-order chi connectivity index (χ1) is 14.6. The average molecular weight is 462 g/mol. The van der Waals surface area contributed by atoms with Gasteiger partial charge in [0.05, 0.1) is 11.1 Å². The Morgan fingerprint density at radius 3 is 2.35 bits per heavy atom. The molecule has 0 fully saturated rings. The Bertz CT molecular complexity index is 1140. The number of thioether (sulfide) groups is 1. The Kier molecular flexibility index (Phi) is 7.21. The van der Waals surface area contributed by atoms with Gasteiger partial charge in [-0.1, -0.05) is 23.9 Å². The Balaban J connectivity index is 2.02. The normalized spacial score (nSPS) is 11.6. The van der Waals surface area contributed by atoms with Gasteiger partial charge in [-0.25, -0.2) is 9.37 Å². The van der Waals surface area contributed by atoms with E-state index in [4.69, 9.17) is 4.98 Å². The quantitative estimate of drug-likeness (QED) is 0.352. The lowest BCUT2D eigenvalue weighted by molar-refractivity contribution is -0.131. The fourth-order valence-electron chi connectivity index (χ4n) is 3.90. The van der Waals surface area contributed by atoms with E-state index in [-0.39, 0.29) is 35.1 Å². The third-order valence-electron chi connectivity index (χ3n) is 5.13. The number of hydrogen-bond acceptors (Lipinski definition) is 5. The number of benzene rings is 1. The van der Waals surface area contributed by atoms with Crippen LogP contribution in [0.3, 0.4) is 0 Å². The van der Waals surface area contributed by atoms with Crippen molar-refractivity contribution < 1.29 is 9.18 Å². The minimum absolute atomic E-state index is 0.0290. The molecule has 8 heteroatoms. The molecule has 31 heavy (non-hydrogen) atoms. The molecule has 0 atom stereocenters. The predicted octanol–water partition coefficient (Wildman–Crippen LogP) is 5.33. The topological polar surface area (TPSA) is 55.2 Å². The zero-order valence-electron chi connectivity index (χ0n) is 18.7. The van der Waals surface area contributed by atoms with E-state index in [1.807, 2.05) is 46.4 Å². The Labute approximate surface area is 190 Å². The van der Waals surface area contributed by atoms with Gasteiger partial charge in [-0.05, 0) is 59.2 Å². The lowest BCUT2D eigenvalue weighted by Crippen LogP contribution is -2.43. The number of rotatable bonds is 7. The highest BCUT2D eigenvalue weighted by molar-refractivity contribution is 7.99. The highest BCUT2D eigenvalue weighted by Crippen LogP contribution is 2.36. The van der Waals surface area contributed by atoms with E-state index in [2.05, 4.69) is 0 Å². The number of aromatic nitrogens is 2. The van der Waals surface area contributed by atoms with Crippen molar-refractivity contribution in [2.24, 2.45) is 0 Å². The van der Waals surface area contributed by atoms with E-state index < -0.39 is 0 Å². The minimum Gasteiger partial charge on any atom is -0.337 e. The maximum atomic E-state index is 13.4. The molecule has 3 aromatic rings. The summed E-state index contributed by atoms with van der Waals surface area (Å²) in [5.41, 5.74) is 1.47. The van der Waals surface area contributed by atoms with Crippen LogP contribution in [0.4, 0.5) is 4.39 Å². The summed E-state index contributed by atoms with van der Waals surface area (Å²) in [6, 6.07) is 6.38. The summed E-state index contributed by atoms with van der Waals surface area (Å²) in [6.45, 7) is 12.3. The molecule has 0 spiro atoms. The van der Waals surface area contributed by atoms with E-state index >= 15 is 0 Å². The summed E-state index contributed by atoms with van der Waals surface area (Å²) in [6.07, 6.45) is 0. The van der Waals surface area contributed by atoms with Crippen LogP contribution in [0.1, 0.15) is 39.5 Å². The Morgan fingerprint density at radius 1 is 1.19 bits per heavy atom. The van der Waals surface area contributed by atoms with Gasteiger partial charge >= 0.3 is 0 Å². The number of thiophene rings is 1. The van der Waals surface area contributed by atoms with Gasteiger partial charge in [-0.3, -0.25) is 14.2 Å². The third-order valence-corrected chi connectivity index (χ3v) is 7.09. The zero-order chi connectivity index (χ0) is 22.9. The molecule has 0 aliphatic rings. The molecular weight excluding hydrogens is 433 g/mol. The van der Waals surface area contributed by atoms with E-state index in [1.165, 1.54) is 35.2 Å². The van der Waals surface area contributed by atoms with Gasteiger partial charge in [-0.15, -0.1) is 11.3 Å². The average Bonchev–Trinajstić information content (AvgIpc) is 3.02. The molecule has 2 heterocycles. The van der Waals surface area contributed by atoms with Gasteiger partial charge in [-0.2, -0.15) is 0 Å².